The first kappa shape index (κ1) is 12.1. The fourth-order valence-electron chi connectivity index (χ4n) is 2.32. The highest BCUT2D eigenvalue weighted by molar-refractivity contribution is 5.35. The lowest BCUT2D eigenvalue weighted by molar-refractivity contribution is -0.0723. The number of aliphatic hydroxyl groups is 1. The van der Waals surface area contributed by atoms with E-state index >= 15 is 0 Å². The molecule has 1 N–H and O–H groups in total. The van der Waals surface area contributed by atoms with Crippen molar-refractivity contribution in [1.82, 2.24) is 0 Å². The highest BCUT2D eigenvalue weighted by Gasteiger charge is 2.35. The Bertz CT molecular complexity index is 428. The first-order valence-electron chi connectivity index (χ1n) is 5.95. The van der Waals surface area contributed by atoms with Gasteiger partial charge in [0.25, 0.3) is 0 Å². The minimum atomic E-state index is -0.923. The van der Waals surface area contributed by atoms with Gasteiger partial charge in [0.15, 0.2) is 0 Å². The van der Waals surface area contributed by atoms with Gasteiger partial charge in [0, 0.05) is 12.5 Å². The zero-order valence-electron chi connectivity index (χ0n) is 10.0. The Morgan fingerprint density at radius 2 is 2.35 bits per heavy atom. The van der Waals surface area contributed by atoms with Crippen molar-refractivity contribution >= 4 is 0 Å². The molecule has 0 bridgehead atoms. The Balaban J connectivity index is 2.26. The molecule has 2 rings (SSSR count). The molecule has 0 radical (unpaired) electrons. The molecule has 2 unspecified atom stereocenters. The van der Waals surface area contributed by atoms with E-state index in [1.165, 1.54) is 0 Å². The quantitative estimate of drug-likeness (QED) is 0.848. The molecule has 0 amide bonds. The SMILES string of the molecule is CC(O)(c1cccc(C#N)c1)C1CCCOC1. The summed E-state index contributed by atoms with van der Waals surface area (Å²) in [5.41, 5.74) is 0.458. The molecule has 1 aliphatic heterocycles. The average molecular weight is 231 g/mol. The first-order chi connectivity index (χ1) is 8.14. The topological polar surface area (TPSA) is 53.2 Å². The maximum absolute atomic E-state index is 10.6. The fraction of sp³-hybridized carbons (Fsp3) is 0.500. The standard InChI is InChI=1S/C14H17NO2/c1-14(16,13-6-3-7-17-10-13)12-5-2-4-11(8-12)9-15/h2,4-5,8,13,16H,3,6-7,10H2,1H3. The third kappa shape index (κ3) is 2.49. The summed E-state index contributed by atoms with van der Waals surface area (Å²) in [5, 5.41) is 19.5. The minimum absolute atomic E-state index is 0.102. The molecule has 1 saturated heterocycles. The summed E-state index contributed by atoms with van der Waals surface area (Å²) < 4.78 is 5.42. The van der Waals surface area contributed by atoms with E-state index < -0.39 is 5.60 Å². The Labute approximate surface area is 102 Å². The van der Waals surface area contributed by atoms with E-state index in [1.807, 2.05) is 19.1 Å². The number of ether oxygens (including phenoxy) is 1. The van der Waals surface area contributed by atoms with Crippen LogP contribution in [-0.4, -0.2) is 18.3 Å². The van der Waals surface area contributed by atoms with Crippen molar-refractivity contribution in [3.63, 3.8) is 0 Å². The van der Waals surface area contributed by atoms with Crippen molar-refractivity contribution in [3.05, 3.63) is 35.4 Å². The summed E-state index contributed by atoms with van der Waals surface area (Å²) in [5.74, 6) is 0.102. The van der Waals surface area contributed by atoms with Gasteiger partial charge in [0.1, 0.15) is 0 Å². The highest BCUT2D eigenvalue weighted by atomic mass is 16.5. The molecule has 2 atom stereocenters. The van der Waals surface area contributed by atoms with Crippen LogP contribution in [0.4, 0.5) is 0 Å². The van der Waals surface area contributed by atoms with Crippen molar-refractivity contribution in [2.45, 2.75) is 25.4 Å². The van der Waals surface area contributed by atoms with Gasteiger partial charge >= 0.3 is 0 Å². The van der Waals surface area contributed by atoms with Crippen LogP contribution in [0.5, 0.6) is 0 Å². The molecule has 1 heterocycles. The molecule has 1 aromatic rings. The van der Waals surface area contributed by atoms with Crippen LogP contribution in [0.15, 0.2) is 24.3 Å². The van der Waals surface area contributed by atoms with Crippen LogP contribution in [0.3, 0.4) is 0 Å². The smallest absolute Gasteiger partial charge is 0.0991 e. The molecule has 0 aliphatic carbocycles. The lowest BCUT2D eigenvalue weighted by Gasteiger charge is -2.35. The third-order valence-electron chi connectivity index (χ3n) is 3.53. The molecule has 1 aliphatic rings. The lowest BCUT2D eigenvalue weighted by Crippen LogP contribution is -2.37. The summed E-state index contributed by atoms with van der Waals surface area (Å²) in [6.45, 7) is 3.18. The summed E-state index contributed by atoms with van der Waals surface area (Å²) in [6, 6.07) is 9.29. The highest BCUT2D eigenvalue weighted by Crippen LogP contribution is 2.34. The summed E-state index contributed by atoms with van der Waals surface area (Å²) in [6.07, 6.45) is 1.95. The normalized spacial score (nSPS) is 23.7. The first-order valence-corrected chi connectivity index (χ1v) is 5.95. The van der Waals surface area contributed by atoms with E-state index in [0.29, 0.717) is 12.2 Å². The van der Waals surface area contributed by atoms with E-state index in [9.17, 15) is 5.11 Å². The monoisotopic (exact) mass is 231 g/mol. The molecule has 0 spiro atoms. The molecular formula is C14H17NO2. The molecular weight excluding hydrogens is 214 g/mol. The van der Waals surface area contributed by atoms with Gasteiger partial charge in [-0.25, -0.2) is 0 Å². The zero-order valence-corrected chi connectivity index (χ0v) is 10.0. The molecule has 0 saturated carbocycles. The second-order valence-electron chi connectivity index (χ2n) is 4.75. The zero-order chi connectivity index (χ0) is 12.3. The predicted molar refractivity (Wildman–Crippen MR) is 64.3 cm³/mol. The largest absolute Gasteiger partial charge is 0.385 e. The fourth-order valence-corrected chi connectivity index (χ4v) is 2.32. The van der Waals surface area contributed by atoms with E-state index in [0.717, 1.165) is 25.0 Å². The maximum atomic E-state index is 10.6. The third-order valence-corrected chi connectivity index (χ3v) is 3.53. The summed E-state index contributed by atoms with van der Waals surface area (Å²) in [4.78, 5) is 0. The van der Waals surface area contributed by atoms with Crippen LogP contribution < -0.4 is 0 Å². The van der Waals surface area contributed by atoms with Crippen LogP contribution in [0, 0.1) is 17.2 Å². The van der Waals surface area contributed by atoms with Gasteiger partial charge in [-0.2, -0.15) is 5.26 Å². The number of hydrogen-bond acceptors (Lipinski definition) is 3. The minimum Gasteiger partial charge on any atom is -0.385 e. The molecule has 17 heavy (non-hydrogen) atoms. The second-order valence-corrected chi connectivity index (χ2v) is 4.75. The maximum Gasteiger partial charge on any atom is 0.0991 e. The number of hydrogen-bond donors (Lipinski definition) is 1. The number of rotatable bonds is 2. The van der Waals surface area contributed by atoms with E-state index in [1.54, 1.807) is 12.1 Å². The van der Waals surface area contributed by atoms with Gasteiger partial charge in [-0.1, -0.05) is 12.1 Å². The molecule has 3 nitrogen and oxygen atoms in total. The predicted octanol–water partition coefficient (Wildman–Crippen LogP) is 2.19. The van der Waals surface area contributed by atoms with Gasteiger partial charge in [-0.05, 0) is 37.5 Å². The Morgan fingerprint density at radius 1 is 1.53 bits per heavy atom. The van der Waals surface area contributed by atoms with E-state index in [2.05, 4.69) is 6.07 Å². The summed E-state index contributed by atoms with van der Waals surface area (Å²) >= 11 is 0. The molecule has 1 fully saturated rings. The molecule has 3 heteroatoms. The Morgan fingerprint density at radius 3 is 3.00 bits per heavy atom. The van der Waals surface area contributed by atoms with Gasteiger partial charge in [0.2, 0.25) is 0 Å². The summed E-state index contributed by atoms with van der Waals surface area (Å²) in [7, 11) is 0. The molecule has 1 aromatic carbocycles. The average Bonchev–Trinajstić information content (AvgIpc) is 2.40. The van der Waals surface area contributed by atoms with Crippen molar-refractivity contribution in [2.75, 3.05) is 13.2 Å². The van der Waals surface area contributed by atoms with Crippen molar-refractivity contribution < 1.29 is 9.84 Å². The van der Waals surface area contributed by atoms with E-state index in [4.69, 9.17) is 10.00 Å². The van der Waals surface area contributed by atoms with Gasteiger partial charge in [-0.3, -0.25) is 0 Å². The van der Waals surface area contributed by atoms with Crippen LogP contribution >= 0.6 is 0 Å². The van der Waals surface area contributed by atoms with Crippen molar-refractivity contribution in [2.24, 2.45) is 5.92 Å². The van der Waals surface area contributed by atoms with Crippen LogP contribution in [0.2, 0.25) is 0 Å². The van der Waals surface area contributed by atoms with Crippen LogP contribution in [0.25, 0.3) is 0 Å². The van der Waals surface area contributed by atoms with Gasteiger partial charge in [-0.15, -0.1) is 0 Å². The van der Waals surface area contributed by atoms with Gasteiger partial charge < -0.3 is 9.84 Å². The number of nitrogens with zero attached hydrogens (tertiary/aromatic N) is 1. The van der Waals surface area contributed by atoms with Crippen LogP contribution in [-0.2, 0) is 10.3 Å². The number of nitriles is 1. The molecule has 0 aromatic heterocycles. The van der Waals surface area contributed by atoms with Crippen LogP contribution in [0.1, 0.15) is 30.9 Å². The Kier molecular flexibility index (Phi) is 3.46. The molecule has 90 valence electrons. The lowest BCUT2D eigenvalue weighted by atomic mass is 9.79. The van der Waals surface area contributed by atoms with Crippen molar-refractivity contribution in [1.29, 1.82) is 5.26 Å². The number of benzene rings is 1. The van der Waals surface area contributed by atoms with E-state index in [-0.39, 0.29) is 5.92 Å². The van der Waals surface area contributed by atoms with Crippen molar-refractivity contribution in [3.8, 4) is 6.07 Å². The second kappa shape index (κ2) is 4.87. The Hall–Kier alpha value is -1.37. The van der Waals surface area contributed by atoms with Gasteiger partial charge in [0.05, 0.1) is 23.8 Å².